The Balaban J connectivity index is 0.00000462. The van der Waals surface area contributed by atoms with Gasteiger partial charge >= 0.3 is 6.18 Å². The number of carbonyl (C=O) groups excluding carboxylic acids is 3. The second-order valence-corrected chi connectivity index (χ2v) is 10.9. The molecule has 0 bridgehead atoms. The topological polar surface area (TPSA) is 105 Å². The molecule has 222 valence electrons. The third-order valence-electron chi connectivity index (χ3n) is 7.71. The summed E-state index contributed by atoms with van der Waals surface area (Å²) in [5.41, 5.74) is 4.87. The van der Waals surface area contributed by atoms with E-state index >= 15 is 0 Å². The lowest BCUT2D eigenvalue weighted by Gasteiger charge is -2.42. The van der Waals surface area contributed by atoms with Crippen LogP contribution in [0, 0.1) is 16.7 Å². The Kier molecular flexibility index (Phi) is 9.86. The molecule has 8 nitrogen and oxygen atoms in total. The zero-order valence-electron chi connectivity index (χ0n) is 22.9. The summed E-state index contributed by atoms with van der Waals surface area (Å²) in [6.45, 7) is 1.67. The fourth-order valence-electron chi connectivity index (χ4n) is 5.24. The van der Waals surface area contributed by atoms with Crippen molar-refractivity contribution in [2.75, 3.05) is 26.2 Å². The van der Waals surface area contributed by atoms with Crippen molar-refractivity contribution in [1.82, 2.24) is 9.91 Å². The summed E-state index contributed by atoms with van der Waals surface area (Å²) in [6.07, 6.45) is -4.44. The molecule has 2 N–H and O–H groups in total. The van der Waals surface area contributed by atoms with Crippen LogP contribution < -0.4 is 5.73 Å². The van der Waals surface area contributed by atoms with E-state index < -0.39 is 47.2 Å². The first-order valence-electron chi connectivity index (χ1n) is 13.0. The van der Waals surface area contributed by atoms with Crippen LogP contribution in [0.15, 0.2) is 65.8 Å². The molecule has 2 aromatic carbocycles. The number of hydrazone groups is 1. The molecule has 2 atom stereocenters. The molecule has 0 aliphatic carbocycles. The number of ether oxygens (including phenoxy) is 1. The van der Waals surface area contributed by atoms with Crippen LogP contribution >= 0.6 is 12.4 Å². The molecule has 4 rings (SSSR count). The van der Waals surface area contributed by atoms with Gasteiger partial charge in [-0.2, -0.15) is 18.3 Å². The van der Waals surface area contributed by atoms with E-state index in [4.69, 9.17) is 10.5 Å². The minimum absolute atomic E-state index is 0. The number of rotatable bonds is 10. The minimum Gasteiger partial charge on any atom is -0.376 e. The fraction of sp³-hybridized carbons (Fsp3) is 0.448. The SMILES string of the molecule is CC(C)(C(N)=O)[C@H](COCc1ccccc1)C(=O)N1CCC2=NN(CC(F)(F)F)C(=O)[C@]2(Cc2ccccc2)C1.Cl. The predicted octanol–water partition coefficient (Wildman–Crippen LogP) is 3.97. The smallest absolute Gasteiger partial charge is 0.376 e. The maximum Gasteiger partial charge on any atom is 0.408 e. The number of nitrogens with two attached hydrogens (primary N) is 1. The van der Waals surface area contributed by atoms with Crippen LogP contribution in [0.1, 0.15) is 31.4 Å². The average molecular weight is 595 g/mol. The monoisotopic (exact) mass is 594 g/mol. The number of piperidine rings is 1. The van der Waals surface area contributed by atoms with Gasteiger partial charge in [0.1, 0.15) is 12.0 Å². The van der Waals surface area contributed by atoms with E-state index in [-0.39, 0.29) is 51.6 Å². The van der Waals surface area contributed by atoms with Crippen molar-refractivity contribution in [2.24, 2.45) is 27.6 Å². The van der Waals surface area contributed by atoms with Crippen molar-refractivity contribution in [3.63, 3.8) is 0 Å². The van der Waals surface area contributed by atoms with Crippen molar-refractivity contribution in [3.05, 3.63) is 71.8 Å². The van der Waals surface area contributed by atoms with Crippen LogP contribution in [0.25, 0.3) is 0 Å². The Morgan fingerprint density at radius 3 is 2.20 bits per heavy atom. The Hall–Kier alpha value is -3.44. The number of primary amides is 1. The fourth-order valence-corrected chi connectivity index (χ4v) is 5.24. The molecule has 3 amide bonds. The zero-order chi connectivity index (χ0) is 29.1. The number of amides is 3. The zero-order valence-corrected chi connectivity index (χ0v) is 23.7. The van der Waals surface area contributed by atoms with E-state index in [1.54, 1.807) is 44.2 Å². The van der Waals surface area contributed by atoms with Crippen molar-refractivity contribution >= 4 is 35.8 Å². The van der Waals surface area contributed by atoms with Crippen LogP contribution in [0.5, 0.6) is 0 Å². The quantitative estimate of drug-likeness (QED) is 0.449. The first-order chi connectivity index (χ1) is 18.8. The van der Waals surface area contributed by atoms with Gasteiger partial charge in [0, 0.05) is 19.5 Å². The summed E-state index contributed by atoms with van der Waals surface area (Å²) in [7, 11) is 0. The number of carbonyl (C=O) groups is 3. The molecule has 2 aliphatic heterocycles. The standard InChI is InChI=1S/C29H33F3N4O4.ClH/c1-27(2,25(33)38)22(17-40-16-21-11-7-4-8-12-21)24(37)35-14-13-23-28(18-35,15-20-9-5-3-6-10-20)26(39)36(34-23)19-29(30,31)32;/h3-12,22H,13-19H2,1-2H3,(H2,33,38);1H/t22-,28-;/m1./s1. The number of likely N-dealkylation sites (tertiary alicyclic amines) is 1. The van der Waals surface area contributed by atoms with E-state index in [2.05, 4.69) is 5.10 Å². The third-order valence-corrected chi connectivity index (χ3v) is 7.71. The molecule has 2 aromatic rings. The van der Waals surface area contributed by atoms with Crippen LogP contribution in [-0.2, 0) is 32.1 Å². The molecule has 12 heteroatoms. The van der Waals surface area contributed by atoms with E-state index in [0.717, 1.165) is 11.1 Å². The van der Waals surface area contributed by atoms with Gasteiger partial charge in [0.25, 0.3) is 5.91 Å². The van der Waals surface area contributed by atoms with Gasteiger partial charge in [-0.05, 0) is 17.5 Å². The molecule has 0 radical (unpaired) electrons. The minimum atomic E-state index is -4.64. The highest BCUT2D eigenvalue weighted by Crippen LogP contribution is 2.41. The Morgan fingerprint density at radius 1 is 1.05 bits per heavy atom. The summed E-state index contributed by atoms with van der Waals surface area (Å²) in [5, 5.41) is 4.56. The highest BCUT2D eigenvalue weighted by Gasteiger charge is 2.56. The van der Waals surface area contributed by atoms with Crippen molar-refractivity contribution in [3.8, 4) is 0 Å². The molecule has 0 spiro atoms. The number of hydrogen-bond acceptors (Lipinski definition) is 5. The summed E-state index contributed by atoms with van der Waals surface area (Å²) < 4.78 is 45.7. The maximum absolute atomic E-state index is 14.0. The van der Waals surface area contributed by atoms with E-state index in [1.807, 2.05) is 30.3 Å². The molecule has 2 heterocycles. The van der Waals surface area contributed by atoms with Crippen molar-refractivity contribution in [2.45, 2.75) is 39.5 Å². The molecule has 1 saturated heterocycles. The van der Waals surface area contributed by atoms with Gasteiger partial charge in [0.05, 0.1) is 30.3 Å². The van der Waals surface area contributed by atoms with Gasteiger partial charge in [-0.1, -0.05) is 74.5 Å². The molecule has 0 saturated carbocycles. The molecular formula is C29H34ClF3N4O4. The average Bonchev–Trinajstić information content (AvgIpc) is 3.16. The van der Waals surface area contributed by atoms with Crippen LogP contribution in [0.3, 0.4) is 0 Å². The highest BCUT2D eigenvalue weighted by atomic mass is 35.5. The Labute approximate surface area is 243 Å². The van der Waals surface area contributed by atoms with Gasteiger partial charge in [0.2, 0.25) is 11.8 Å². The Morgan fingerprint density at radius 2 is 1.63 bits per heavy atom. The summed E-state index contributed by atoms with van der Waals surface area (Å²) >= 11 is 0. The van der Waals surface area contributed by atoms with Crippen LogP contribution in [-0.4, -0.2) is 65.8 Å². The molecule has 0 aromatic heterocycles. The highest BCUT2D eigenvalue weighted by molar-refractivity contribution is 6.13. The number of fused-ring (bicyclic) bond motifs is 1. The summed E-state index contributed by atoms with van der Waals surface area (Å²) in [6, 6.07) is 18.2. The molecule has 41 heavy (non-hydrogen) atoms. The molecule has 1 fully saturated rings. The van der Waals surface area contributed by atoms with Crippen LogP contribution in [0.2, 0.25) is 0 Å². The lowest BCUT2D eigenvalue weighted by Crippen LogP contribution is -2.59. The van der Waals surface area contributed by atoms with Crippen LogP contribution in [0.4, 0.5) is 13.2 Å². The maximum atomic E-state index is 14.0. The van der Waals surface area contributed by atoms with Gasteiger partial charge < -0.3 is 15.4 Å². The predicted molar refractivity (Wildman–Crippen MR) is 149 cm³/mol. The molecular weight excluding hydrogens is 561 g/mol. The third kappa shape index (κ3) is 7.08. The second-order valence-electron chi connectivity index (χ2n) is 10.9. The molecule has 0 unspecified atom stereocenters. The van der Waals surface area contributed by atoms with E-state index in [1.165, 1.54) is 4.90 Å². The van der Waals surface area contributed by atoms with Gasteiger partial charge in [-0.25, -0.2) is 5.01 Å². The van der Waals surface area contributed by atoms with Crippen molar-refractivity contribution in [1.29, 1.82) is 0 Å². The second kappa shape index (κ2) is 12.6. The van der Waals surface area contributed by atoms with Gasteiger partial charge in [-0.15, -0.1) is 12.4 Å². The Bertz CT molecular complexity index is 1270. The number of alkyl halides is 3. The first-order valence-corrected chi connectivity index (χ1v) is 13.0. The van der Waals surface area contributed by atoms with Gasteiger partial charge in [0.15, 0.2) is 0 Å². The largest absolute Gasteiger partial charge is 0.408 e. The van der Waals surface area contributed by atoms with E-state index in [0.29, 0.717) is 10.7 Å². The summed E-state index contributed by atoms with van der Waals surface area (Å²) in [4.78, 5) is 41.4. The number of benzene rings is 2. The van der Waals surface area contributed by atoms with Crippen molar-refractivity contribution < 1.29 is 32.3 Å². The number of nitrogens with zero attached hydrogens (tertiary/aromatic N) is 3. The van der Waals surface area contributed by atoms with Gasteiger partial charge in [-0.3, -0.25) is 14.4 Å². The van der Waals surface area contributed by atoms with E-state index in [9.17, 15) is 27.6 Å². The number of halogens is 4. The lowest BCUT2D eigenvalue weighted by atomic mass is 9.72. The first kappa shape index (κ1) is 32.1. The number of hydrogen-bond donors (Lipinski definition) is 1. The lowest BCUT2D eigenvalue weighted by molar-refractivity contribution is -0.164. The molecule has 2 aliphatic rings. The normalized spacial score (nSPS) is 19.7. The summed E-state index contributed by atoms with van der Waals surface area (Å²) in [5.74, 6) is -2.93.